The Labute approximate surface area is 134 Å². The number of quaternary nitrogens is 1. The number of carbonyl (C=O) groups excluding carboxylic acids is 1. The van der Waals surface area contributed by atoms with Gasteiger partial charge in [-0.2, -0.15) is 0 Å². The fraction of sp³-hybridized carbons (Fsp3) is 0.500. The number of carbonyl (C=O) groups is 1. The number of halogens is 3. The van der Waals surface area contributed by atoms with Gasteiger partial charge in [0.1, 0.15) is 0 Å². The molecular weight excluding hydrogens is 319 g/mol. The lowest BCUT2D eigenvalue weighted by Crippen LogP contribution is -3.14. The van der Waals surface area contributed by atoms with Crippen LogP contribution in [0.1, 0.15) is 19.8 Å². The first-order chi connectivity index (χ1) is 9.45. The van der Waals surface area contributed by atoms with E-state index in [2.05, 4.69) is 12.2 Å². The van der Waals surface area contributed by atoms with E-state index in [0.717, 1.165) is 13.1 Å². The van der Waals surface area contributed by atoms with E-state index in [-0.39, 0.29) is 5.91 Å². The molecule has 6 heteroatoms. The normalized spacial score (nSPS) is 22.6. The van der Waals surface area contributed by atoms with Crippen molar-refractivity contribution in [3.05, 3.63) is 27.2 Å². The summed E-state index contributed by atoms with van der Waals surface area (Å²) in [5.41, 5.74) is 0.437. The molecule has 0 radical (unpaired) electrons. The minimum Gasteiger partial charge on any atom is -0.327 e. The van der Waals surface area contributed by atoms with Crippen molar-refractivity contribution in [2.24, 2.45) is 5.92 Å². The quantitative estimate of drug-likeness (QED) is 0.874. The van der Waals surface area contributed by atoms with Gasteiger partial charge in [0, 0.05) is 10.9 Å². The highest BCUT2D eigenvalue weighted by Gasteiger charge is 2.22. The van der Waals surface area contributed by atoms with Gasteiger partial charge < -0.3 is 10.2 Å². The zero-order chi connectivity index (χ0) is 14.7. The van der Waals surface area contributed by atoms with Crippen LogP contribution in [0.2, 0.25) is 15.1 Å². The minimum atomic E-state index is -0.0692. The highest BCUT2D eigenvalue weighted by atomic mass is 35.5. The molecule has 1 amide bonds. The summed E-state index contributed by atoms with van der Waals surface area (Å²) in [5, 5.41) is 3.96. The third kappa shape index (κ3) is 4.26. The number of nitrogens with one attached hydrogen (secondary N) is 2. The predicted octanol–water partition coefficient (Wildman–Crippen LogP) is 2.90. The molecule has 20 heavy (non-hydrogen) atoms. The van der Waals surface area contributed by atoms with E-state index < -0.39 is 0 Å². The molecule has 3 nitrogen and oxygen atoms in total. The van der Waals surface area contributed by atoms with Crippen LogP contribution in [0.15, 0.2) is 12.1 Å². The van der Waals surface area contributed by atoms with E-state index in [1.807, 2.05) is 0 Å². The van der Waals surface area contributed by atoms with Crippen LogP contribution >= 0.6 is 34.8 Å². The Kier molecular flexibility index (Phi) is 5.56. The van der Waals surface area contributed by atoms with Gasteiger partial charge in [-0.1, -0.05) is 41.7 Å². The maximum Gasteiger partial charge on any atom is 0.279 e. The number of amides is 1. The van der Waals surface area contributed by atoms with Gasteiger partial charge in [0.2, 0.25) is 0 Å². The van der Waals surface area contributed by atoms with E-state index >= 15 is 0 Å². The second kappa shape index (κ2) is 6.99. The van der Waals surface area contributed by atoms with Crippen LogP contribution in [-0.2, 0) is 4.79 Å². The summed E-state index contributed by atoms with van der Waals surface area (Å²) < 4.78 is 0. The van der Waals surface area contributed by atoms with Crippen molar-refractivity contribution in [2.75, 3.05) is 25.0 Å². The first-order valence-corrected chi connectivity index (χ1v) is 7.87. The van der Waals surface area contributed by atoms with Crippen LogP contribution in [0.5, 0.6) is 0 Å². The molecule has 1 saturated heterocycles. The number of anilines is 1. The lowest BCUT2D eigenvalue weighted by atomic mass is 10.0. The lowest BCUT2D eigenvalue weighted by Gasteiger charge is -2.27. The fourth-order valence-corrected chi connectivity index (χ4v) is 3.54. The van der Waals surface area contributed by atoms with Crippen LogP contribution in [-0.4, -0.2) is 25.5 Å². The smallest absolute Gasteiger partial charge is 0.279 e. The molecule has 0 saturated carbocycles. The molecule has 0 bridgehead atoms. The van der Waals surface area contributed by atoms with Crippen molar-refractivity contribution >= 4 is 46.4 Å². The molecule has 110 valence electrons. The molecule has 0 aliphatic carbocycles. The molecule has 0 spiro atoms. The van der Waals surface area contributed by atoms with Crippen LogP contribution in [0.3, 0.4) is 0 Å². The summed E-state index contributed by atoms with van der Waals surface area (Å²) in [4.78, 5) is 13.4. The molecule has 1 aliphatic rings. The number of hydrogen-bond acceptors (Lipinski definition) is 1. The van der Waals surface area contributed by atoms with Gasteiger partial charge >= 0.3 is 0 Å². The van der Waals surface area contributed by atoms with Gasteiger partial charge in [0.05, 0.1) is 28.8 Å². The van der Waals surface area contributed by atoms with Gasteiger partial charge in [-0.05, 0) is 25.0 Å². The molecule has 1 aliphatic heterocycles. The Morgan fingerprint density at radius 1 is 1.35 bits per heavy atom. The maximum absolute atomic E-state index is 12.1. The molecule has 0 aromatic heterocycles. The predicted molar refractivity (Wildman–Crippen MR) is 84.1 cm³/mol. The Morgan fingerprint density at radius 3 is 2.60 bits per heavy atom. The van der Waals surface area contributed by atoms with E-state index in [1.165, 1.54) is 17.7 Å². The summed E-state index contributed by atoms with van der Waals surface area (Å²) in [6.07, 6.45) is 2.42. The first-order valence-electron chi connectivity index (χ1n) is 6.73. The first kappa shape index (κ1) is 15.9. The summed E-state index contributed by atoms with van der Waals surface area (Å²) in [6.45, 7) is 4.75. The molecule has 1 aromatic carbocycles. The number of benzene rings is 1. The molecule has 1 unspecified atom stereocenters. The monoisotopic (exact) mass is 335 g/mol. The van der Waals surface area contributed by atoms with Gasteiger partial charge in [-0.25, -0.2) is 0 Å². The van der Waals surface area contributed by atoms with E-state index in [1.54, 1.807) is 12.1 Å². The average molecular weight is 337 g/mol. The summed E-state index contributed by atoms with van der Waals surface area (Å²) in [7, 11) is 0. The van der Waals surface area contributed by atoms with Crippen molar-refractivity contribution in [1.29, 1.82) is 0 Å². The second-order valence-corrected chi connectivity index (χ2v) is 6.67. The number of likely N-dealkylation sites (tertiary alicyclic amines) is 1. The van der Waals surface area contributed by atoms with Crippen molar-refractivity contribution in [3.63, 3.8) is 0 Å². The van der Waals surface area contributed by atoms with Crippen LogP contribution in [0.25, 0.3) is 0 Å². The third-order valence-corrected chi connectivity index (χ3v) is 4.36. The molecule has 1 aromatic rings. The number of rotatable bonds is 3. The van der Waals surface area contributed by atoms with Crippen LogP contribution in [0, 0.1) is 5.92 Å². The highest BCUT2D eigenvalue weighted by Crippen LogP contribution is 2.33. The van der Waals surface area contributed by atoms with Crippen LogP contribution in [0.4, 0.5) is 5.69 Å². The lowest BCUT2D eigenvalue weighted by molar-refractivity contribution is -0.900. The topological polar surface area (TPSA) is 33.5 Å². The maximum atomic E-state index is 12.1. The average Bonchev–Trinajstić information content (AvgIpc) is 2.33. The summed E-state index contributed by atoms with van der Waals surface area (Å²) in [5.74, 6) is 0.606. The highest BCUT2D eigenvalue weighted by molar-refractivity contribution is 6.42. The molecular formula is C14H18Cl3N2O+. The fourth-order valence-electron chi connectivity index (χ4n) is 2.63. The Bertz CT molecular complexity index is 484. The molecule has 1 fully saturated rings. The molecule has 2 N–H and O–H groups in total. The minimum absolute atomic E-state index is 0.0692. The Morgan fingerprint density at radius 2 is 2.00 bits per heavy atom. The summed E-state index contributed by atoms with van der Waals surface area (Å²) >= 11 is 18.0. The van der Waals surface area contributed by atoms with Gasteiger partial charge in [0.15, 0.2) is 6.54 Å². The molecule has 1 heterocycles. The standard InChI is InChI=1S/C14H17Cl3N2O/c1-9-3-2-4-19(7-9)8-13(20)18-14-11(16)5-10(15)6-12(14)17/h5-6,9H,2-4,7-8H2,1H3,(H,18,20)/p+1/t9-/m0/s1. The van der Waals surface area contributed by atoms with Crippen LogP contribution < -0.4 is 10.2 Å². The Hall–Kier alpha value is -0.480. The van der Waals surface area contributed by atoms with Crippen molar-refractivity contribution < 1.29 is 9.69 Å². The second-order valence-electron chi connectivity index (χ2n) is 5.42. The van der Waals surface area contributed by atoms with E-state index in [0.29, 0.717) is 33.2 Å². The largest absolute Gasteiger partial charge is 0.327 e. The third-order valence-electron chi connectivity index (χ3n) is 3.55. The Balaban J connectivity index is 1.98. The van der Waals surface area contributed by atoms with E-state index in [4.69, 9.17) is 34.8 Å². The SMILES string of the molecule is C[C@H]1CCC[NH+](CC(=O)Nc2c(Cl)cc(Cl)cc2Cl)C1. The van der Waals surface area contributed by atoms with Gasteiger partial charge in [-0.15, -0.1) is 0 Å². The zero-order valence-corrected chi connectivity index (χ0v) is 13.6. The molecule has 2 rings (SSSR count). The number of piperidine rings is 1. The van der Waals surface area contributed by atoms with E-state index in [9.17, 15) is 4.79 Å². The van der Waals surface area contributed by atoms with Crippen molar-refractivity contribution in [2.45, 2.75) is 19.8 Å². The van der Waals surface area contributed by atoms with Crippen molar-refractivity contribution in [1.82, 2.24) is 0 Å². The van der Waals surface area contributed by atoms with Gasteiger partial charge in [0.25, 0.3) is 5.91 Å². The summed E-state index contributed by atoms with van der Waals surface area (Å²) in [6, 6.07) is 3.14. The number of hydrogen-bond donors (Lipinski definition) is 2. The molecule has 2 atom stereocenters. The zero-order valence-electron chi connectivity index (χ0n) is 11.3. The van der Waals surface area contributed by atoms with Crippen molar-refractivity contribution in [3.8, 4) is 0 Å². The van der Waals surface area contributed by atoms with Gasteiger partial charge in [-0.3, -0.25) is 4.79 Å².